The minimum Gasteiger partial charge on any atom is -0.493 e. The van der Waals surface area contributed by atoms with Crippen molar-refractivity contribution in [3.8, 4) is 11.5 Å². The third kappa shape index (κ3) is 4.16. The van der Waals surface area contributed by atoms with Crippen molar-refractivity contribution in [3.05, 3.63) is 23.8 Å². The quantitative estimate of drug-likeness (QED) is 0.588. The van der Waals surface area contributed by atoms with Crippen LogP contribution in [-0.4, -0.2) is 33.3 Å². The van der Waals surface area contributed by atoms with Crippen molar-refractivity contribution in [3.63, 3.8) is 0 Å². The number of nitrogens with one attached hydrogen (secondary N) is 1. The summed E-state index contributed by atoms with van der Waals surface area (Å²) in [5.41, 5.74) is 6.78. The van der Waals surface area contributed by atoms with Gasteiger partial charge in [-0.1, -0.05) is 6.07 Å². The molecule has 0 aliphatic rings. The molecule has 3 N–H and O–H groups in total. The summed E-state index contributed by atoms with van der Waals surface area (Å²) < 4.78 is 10.4. The molecule has 0 saturated heterocycles. The van der Waals surface area contributed by atoms with Crippen molar-refractivity contribution in [1.82, 2.24) is 5.32 Å². The van der Waals surface area contributed by atoms with Crippen LogP contribution >= 0.6 is 0 Å². The topological polar surface area (TPSA) is 68.9 Å². The van der Waals surface area contributed by atoms with E-state index in [1.807, 2.05) is 25.1 Å². The van der Waals surface area contributed by atoms with Gasteiger partial charge in [-0.3, -0.25) is 4.99 Å². The summed E-state index contributed by atoms with van der Waals surface area (Å²) >= 11 is 0. The summed E-state index contributed by atoms with van der Waals surface area (Å²) in [5.74, 6) is 1.95. The van der Waals surface area contributed by atoms with Crippen LogP contribution in [0.15, 0.2) is 23.2 Å². The Bertz CT molecular complexity index is 405. The number of benzene rings is 1. The highest BCUT2D eigenvalue weighted by molar-refractivity contribution is 5.77. The Kier molecular flexibility index (Phi) is 5.84. The molecule has 5 heteroatoms. The SMILES string of the molecule is CCNC(N)=NCCc1ccc(OC)c(OC)c1. The van der Waals surface area contributed by atoms with E-state index in [9.17, 15) is 0 Å². The van der Waals surface area contributed by atoms with E-state index in [-0.39, 0.29) is 0 Å². The second-order valence-corrected chi connectivity index (χ2v) is 3.74. The number of nitrogens with zero attached hydrogens (tertiary/aromatic N) is 1. The van der Waals surface area contributed by atoms with Crippen LogP contribution in [0.4, 0.5) is 0 Å². The maximum Gasteiger partial charge on any atom is 0.188 e. The zero-order valence-corrected chi connectivity index (χ0v) is 11.2. The van der Waals surface area contributed by atoms with Crippen LogP contribution in [0.3, 0.4) is 0 Å². The Balaban J connectivity index is 2.60. The molecule has 100 valence electrons. The average Bonchev–Trinajstić information content (AvgIpc) is 2.38. The third-order valence-corrected chi connectivity index (χ3v) is 2.49. The maximum atomic E-state index is 5.64. The third-order valence-electron chi connectivity index (χ3n) is 2.49. The fraction of sp³-hybridized carbons (Fsp3) is 0.462. The lowest BCUT2D eigenvalue weighted by Crippen LogP contribution is -2.31. The average molecular weight is 251 g/mol. The Morgan fingerprint density at radius 1 is 1.28 bits per heavy atom. The summed E-state index contributed by atoms with van der Waals surface area (Å²) in [6, 6.07) is 5.85. The minimum absolute atomic E-state index is 0.484. The van der Waals surface area contributed by atoms with Crippen LogP contribution < -0.4 is 20.5 Å². The van der Waals surface area contributed by atoms with Gasteiger partial charge in [0, 0.05) is 13.1 Å². The second-order valence-electron chi connectivity index (χ2n) is 3.74. The fourth-order valence-corrected chi connectivity index (χ4v) is 1.58. The van der Waals surface area contributed by atoms with Crippen molar-refractivity contribution in [1.29, 1.82) is 0 Å². The molecular weight excluding hydrogens is 230 g/mol. The summed E-state index contributed by atoms with van der Waals surface area (Å²) in [6.07, 6.45) is 0.812. The number of aliphatic imine (C=N–C) groups is 1. The Morgan fingerprint density at radius 2 is 2.00 bits per heavy atom. The lowest BCUT2D eigenvalue weighted by molar-refractivity contribution is 0.354. The lowest BCUT2D eigenvalue weighted by atomic mass is 10.1. The molecule has 0 radical (unpaired) electrons. The highest BCUT2D eigenvalue weighted by Crippen LogP contribution is 2.27. The largest absolute Gasteiger partial charge is 0.493 e. The molecule has 0 saturated carbocycles. The predicted molar refractivity (Wildman–Crippen MR) is 73.4 cm³/mol. The van der Waals surface area contributed by atoms with E-state index in [1.165, 1.54) is 0 Å². The van der Waals surface area contributed by atoms with Crippen molar-refractivity contribution in [2.75, 3.05) is 27.3 Å². The van der Waals surface area contributed by atoms with Crippen LogP contribution in [0.5, 0.6) is 11.5 Å². The van der Waals surface area contributed by atoms with Gasteiger partial charge in [-0.2, -0.15) is 0 Å². The van der Waals surface area contributed by atoms with E-state index in [4.69, 9.17) is 15.2 Å². The fourth-order valence-electron chi connectivity index (χ4n) is 1.58. The van der Waals surface area contributed by atoms with Gasteiger partial charge < -0.3 is 20.5 Å². The number of hydrogen-bond acceptors (Lipinski definition) is 3. The summed E-state index contributed by atoms with van der Waals surface area (Å²) in [7, 11) is 3.25. The molecule has 0 atom stereocenters. The van der Waals surface area contributed by atoms with Crippen LogP contribution in [-0.2, 0) is 6.42 Å². The molecule has 0 unspecified atom stereocenters. The van der Waals surface area contributed by atoms with Crippen LogP contribution in [0, 0.1) is 0 Å². The van der Waals surface area contributed by atoms with Crippen LogP contribution in [0.1, 0.15) is 12.5 Å². The summed E-state index contributed by atoms with van der Waals surface area (Å²) in [4.78, 5) is 4.22. The molecule has 5 nitrogen and oxygen atoms in total. The van der Waals surface area contributed by atoms with Crippen molar-refractivity contribution in [2.45, 2.75) is 13.3 Å². The van der Waals surface area contributed by atoms with Gasteiger partial charge in [-0.05, 0) is 31.0 Å². The minimum atomic E-state index is 0.484. The molecule has 0 aliphatic carbocycles. The maximum absolute atomic E-state index is 5.64. The number of rotatable bonds is 6. The summed E-state index contributed by atoms with van der Waals surface area (Å²) in [6.45, 7) is 3.41. The van der Waals surface area contributed by atoms with Gasteiger partial charge >= 0.3 is 0 Å². The predicted octanol–water partition coefficient (Wildman–Crippen LogP) is 1.17. The van der Waals surface area contributed by atoms with E-state index in [0.29, 0.717) is 12.5 Å². The van der Waals surface area contributed by atoms with E-state index in [1.54, 1.807) is 14.2 Å². The van der Waals surface area contributed by atoms with Gasteiger partial charge in [0.15, 0.2) is 17.5 Å². The highest BCUT2D eigenvalue weighted by Gasteiger charge is 2.04. The number of nitrogens with two attached hydrogens (primary N) is 1. The van der Waals surface area contributed by atoms with Gasteiger partial charge in [0.25, 0.3) is 0 Å². The first-order chi connectivity index (χ1) is 8.71. The standard InChI is InChI=1S/C13H21N3O2/c1-4-15-13(14)16-8-7-10-5-6-11(17-2)12(9-10)18-3/h5-6,9H,4,7-8H2,1-3H3,(H3,14,15,16). The van der Waals surface area contributed by atoms with Gasteiger partial charge in [0.2, 0.25) is 0 Å². The Hall–Kier alpha value is -1.91. The normalized spacial score (nSPS) is 11.2. The van der Waals surface area contributed by atoms with Crippen molar-refractivity contribution >= 4 is 5.96 Å². The molecule has 0 fully saturated rings. The van der Waals surface area contributed by atoms with Gasteiger partial charge in [-0.15, -0.1) is 0 Å². The van der Waals surface area contributed by atoms with Crippen molar-refractivity contribution < 1.29 is 9.47 Å². The molecule has 0 aromatic heterocycles. The molecule has 1 aromatic rings. The number of hydrogen-bond donors (Lipinski definition) is 2. The molecular formula is C13H21N3O2. The monoisotopic (exact) mass is 251 g/mol. The zero-order chi connectivity index (χ0) is 13.4. The number of guanidine groups is 1. The van der Waals surface area contributed by atoms with E-state index in [0.717, 1.165) is 30.0 Å². The molecule has 1 rings (SSSR count). The first-order valence-corrected chi connectivity index (χ1v) is 5.96. The Labute approximate surface area is 108 Å². The molecule has 1 aromatic carbocycles. The molecule has 0 bridgehead atoms. The molecule has 0 aliphatic heterocycles. The van der Waals surface area contributed by atoms with E-state index in [2.05, 4.69) is 10.3 Å². The zero-order valence-electron chi connectivity index (χ0n) is 11.2. The Morgan fingerprint density at radius 3 is 2.61 bits per heavy atom. The molecule has 18 heavy (non-hydrogen) atoms. The van der Waals surface area contributed by atoms with Crippen LogP contribution in [0.25, 0.3) is 0 Å². The van der Waals surface area contributed by atoms with Crippen molar-refractivity contribution in [2.24, 2.45) is 10.7 Å². The summed E-state index contributed by atoms with van der Waals surface area (Å²) in [5, 5.41) is 2.96. The second kappa shape index (κ2) is 7.42. The first-order valence-electron chi connectivity index (χ1n) is 5.96. The van der Waals surface area contributed by atoms with Gasteiger partial charge in [-0.25, -0.2) is 0 Å². The number of methoxy groups -OCH3 is 2. The van der Waals surface area contributed by atoms with E-state index < -0.39 is 0 Å². The molecule has 0 amide bonds. The van der Waals surface area contributed by atoms with Crippen LogP contribution in [0.2, 0.25) is 0 Å². The molecule has 0 heterocycles. The van der Waals surface area contributed by atoms with Gasteiger partial charge in [0.1, 0.15) is 0 Å². The molecule has 0 spiro atoms. The van der Waals surface area contributed by atoms with Gasteiger partial charge in [0.05, 0.1) is 14.2 Å². The van der Waals surface area contributed by atoms with E-state index >= 15 is 0 Å². The lowest BCUT2D eigenvalue weighted by Gasteiger charge is -2.09. The smallest absolute Gasteiger partial charge is 0.188 e. The highest BCUT2D eigenvalue weighted by atomic mass is 16.5. The number of ether oxygens (including phenoxy) is 2. The first kappa shape index (κ1) is 14.2.